The Bertz CT molecular complexity index is 1360. The second kappa shape index (κ2) is 7.72. The highest BCUT2D eigenvalue weighted by atomic mass is 19.3. The number of rotatable bonds is 5. The molecular formula is C23H23F3N4O3. The summed E-state index contributed by atoms with van der Waals surface area (Å²) in [5.74, 6) is -0.725. The minimum Gasteiger partial charge on any atom is -0.380 e. The van der Waals surface area contributed by atoms with Crippen LogP contribution in [0.1, 0.15) is 49.4 Å². The van der Waals surface area contributed by atoms with Crippen LogP contribution in [0.25, 0.3) is 10.8 Å². The van der Waals surface area contributed by atoms with E-state index in [0.717, 1.165) is 23.6 Å². The molecule has 0 amide bonds. The first kappa shape index (κ1) is 21.7. The molecule has 3 aromatic rings. The van der Waals surface area contributed by atoms with Gasteiger partial charge in [-0.1, -0.05) is 18.2 Å². The lowest BCUT2D eigenvalue weighted by Crippen LogP contribution is -2.53. The van der Waals surface area contributed by atoms with Gasteiger partial charge in [-0.15, -0.1) is 0 Å². The third kappa shape index (κ3) is 3.52. The van der Waals surface area contributed by atoms with Crippen molar-refractivity contribution in [2.45, 2.75) is 38.3 Å². The molecule has 174 valence electrons. The van der Waals surface area contributed by atoms with Crippen molar-refractivity contribution in [3.63, 3.8) is 0 Å². The molecule has 1 spiro atoms. The van der Waals surface area contributed by atoms with E-state index in [4.69, 9.17) is 4.74 Å². The van der Waals surface area contributed by atoms with Crippen LogP contribution in [0.15, 0.2) is 40.1 Å². The van der Waals surface area contributed by atoms with Crippen molar-refractivity contribution < 1.29 is 17.9 Å². The molecule has 5 rings (SSSR count). The molecule has 10 heteroatoms. The Morgan fingerprint density at radius 3 is 2.52 bits per heavy atom. The monoisotopic (exact) mass is 460 g/mol. The normalized spacial score (nSPS) is 18.4. The van der Waals surface area contributed by atoms with Crippen LogP contribution in [0.5, 0.6) is 0 Å². The molecule has 33 heavy (non-hydrogen) atoms. The zero-order valence-corrected chi connectivity index (χ0v) is 18.1. The minimum absolute atomic E-state index is 0.000277. The molecule has 1 saturated carbocycles. The first-order valence-corrected chi connectivity index (χ1v) is 10.7. The fourth-order valence-electron chi connectivity index (χ4n) is 4.85. The van der Waals surface area contributed by atoms with Crippen LogP contribution in [0.2, 0.25) is 0 Å². The number of alkyl halides is 2. The van der Waals surface area contributed by atoms with Crippen molar-refractivity contribution in [3.05, 3.63) is 68.1 Å². The SMILES string of the molecule is C[C@@H](Nc1nn(C)c(=O)c2cc(=O)n(C3CC4(COC4)C3)cc12)c1cccc(C(F)F)c1F. The standard InChI is InChI=1S/C23H23F3N4O3/c1-12(14-4-3-5-15(19(14)24)20(25)26)27-21-17-9-30(13-7-23(8-13)10-33-11-23)18(31)6-16(17)22(32)29(2)28-21/h3-6,9,12-13,20H,7-8,10-11H2,1-2H3,(H,27,28)/t12-/m1/s1. The number of hydrogen-bond donors (Lipinski definition) is 1. The molecule has 2 fully saturated rings. The molecule has 0 unspecified atom stereocenters. The smallest absolute Gasteiger partial charge is 0.274 e. The van der Waals surface area contributed by atoms with Crippen LogP contribution in [-0.4, -0.2) is 27.6 Å². The molecule has 0 bridgehead atoms. The number of halogens is 3. The first-order valence-electron chi connectivity index (χ1n) is 10.7. The Morgan fingerprint density at radius 1 is 1.18 bits per heavy atom. The number of fused-ring (bicyclic) bond motifs is 1. The van der Waals surface area contributed by atoms with E-state index in [2.05, 4.69) is 10.4 Å². The molecule has 2 aromatic heterocycles. The van der Waals surface area contributed by atoms with Crippen LogP contribution < -0.4 is 16.4 Å². The van der Waals surface area contributed by atoms with Crippen LogP contribution in [0.4, 0.5) is 19.0 Å². The van der Waals surface area contributed by atoms with Gasteiger partial charge in [-0.2, -0.15) is 5.10 Å². The number of benzene rings is 1. The topological polar surface area (TPSA) is 78.2 Å². The molecule has 3 heterocycles. The quantitative estimate of drug-likeness (QED) is 0.628. The Morgan fingerprint density at radius 2 is 1.88 bits per heavy atom. The maximum Gasteiger partial charge on any atom is 0.274 e. The second-order valence-corrected chi connectivity index (χ2v) is 9.10. The molecule has 1 atom stereocenters. The van der Waals surface area contributed by atoms with Gasteiger partial charge < -0.3 is 14.6 Å². The summed E-state index contributed by atoms with van der Waals surface area (Å²) in [6.07, 6.45) is 0.322. The van der Waals surface area contributed by atoms with E-state index >= 15 is 0 Å². The Kier molecular flexibility index (Phi) is 5.08. The number of nitrogens with one attached hydrogen (secondary N) is 1. The third-order valence-corrected chi connectivity index (χ3v) is 6.77. The van der Waals surface area contributed by atoms with Gasteiger partial charge in [0, 0.05) is 41.7 Å². The van der Waals surface area contributed by atoms with Crippen molar-refractivity contribution in [2.24, 2.45) is 12.5 Å². The highest BCUT2D eigenvalue weighted by Gasteiger charge is 2.50. The molecule has 1 N–H and O–H groups in total. The summed E-state index contributed by atoms with van der Waals surface area (Å²) in [5, 5.41) is 7.92. The average Bonchev–Trinajstić information content (AvgIpc) is 2.70. The number of nitrogens with zero attached hydrogens (tertiary/aromatic N) is 3. The van der Waals surface area contributed by atoms with Crippen molar-refractivity contribution in [1.29, 1.82) is 0 Å². The number of anilines is 1. The lowest BCUT2D eigenvalue weighted by atomic mass is 9.64. The number of aryl methyl sites for hydroxylation is 1. The van der Waals surface area contributed by atoms with Crippen molar-refractivity contribution in [2.75, 3.05) is 18.5 Å². The lowest BCUT2D eigenvalue weighted by molar-refractivity contribution is -0.174. The number of aromatic nitrogens is 3. The molecule has 1 aromatic carbocycles. The van der Waals surface area contributed by atoms with Crippen LogP contribution in [0.3, 0.4) is 0 Å². The highest BCUT2D eigenvalue weighted by molar-refractivity contribution is 5.90. The summed E-state index contributed by atoms with van der Waals surface area (Å²) in [6, 6.07) is 4.42. The van der Waals surface area contributed by atoms with Gasteiger partial charge in [-0.25, -0.2) is 17.9 Å². The summed E-state index contributed by atoms with van der Waals surface area (Å²) in [6.45, 7) is 3.01. The van der Waals surface area contributed by atoms with Gasteiger partial charge in [-0.3, -0.25) is 9.59 Å². The van der Waals surface area contributed by atoms with E-state index in [9.17, 15) is 22.8 Å². The predicted molar refractivity (Wildman–Crippen MR) is 116 cm³/mol. The molecule has 7 nitrogen and oxygen atoms in total. The Balaban J connectivity index is 1.54. The van der Waals surface area contributed by atoms with Crippen LogP contribution in [0, 0.1) is 11.2 Å². The maximum atomic E-state index is 14.7. The predicted octanol–water partition coefficient (Wildman–Crippen LogP) is 3.70. The van der Waals surface area contributed by atoms with Gasteiger partial charge in [0.05, 0.1) is 30.2 Å². The highest BCUT2D eigenvalue weighted by Crippen LogP contribution is 2.52. The molecule has 1 aliphatic carbocycles. The van der Waals surface area contributed by atoms with E-state index in [0.29, 0.717) is 18.6 Å². The van der Waals surface area contributed by atoms with E-state index < -0.39 is 29.4 Å². The van der Waals surface area contributed by atoms with Crippen LogP contribution >= 0.6 is 0 Å². The average molecular weight is 460 g/mol. The first-order chi connectivity index (χ1) is 15.7. The fraction of sp³-hybridized carbons (Fsp3) is 0.435. The Hall–Kier alpha value is -3.14. The largest absolute Gasteiger partial charge is 0.380 e. The van der Waals surface area contributed by atoms with Gasteiger partial charge in [0.15, 0.2) is 5.82 Å². The minimum atomic E-state index is -2.94. The van der Waals surface area contributed by atoms with Crippen molar-refractivity contribution >= 4 is 16.6 Å². The summed E-state index contributed by atoms with van der Waals surface area (Å²) < 4.78 is 48.9. The van der Waals surface area contributed by atoms with Crippen LogP contribution in [-0.2, 0) is 11.8 Å². The van der Waals surface area contributed by atoms with E-state index in [1.54, 1.807) is 17.7 Å². The molecular weight excluding hydrogens is 437 g/mol. The molecule has 1 saturated heterocycles. The molecule has 1 aliphatic heterocycles. The van der Waals surface area contributed by atoms with Gasteiger partial charge in [0.2, 0.25) is 0 Å². The fourth-order valence-corrected chi connectivity index (χ4v) is 4.85. The summed E-state index contributed by atoms with van der Waals surface area (Å²) in [5.41, 5.74) is -1.19. The van der Waals surface area contributed by atoms with Gasteiger partial charge in [0.1, 0.15) is 5.82 Å². The molecule has 0 radical (unpaired) electrons. The zero-order chi connectivity index (χ0) is 23.5. The summed E-state index contributed by atoms with van der Waals surface area (Å²) in [7, 11) is 1.45. The van der Waals surface area contributed by atoms with E-state index in [-0.39, 0.29) is 33.8 Å². The van der Waals surface area contributed by atoms with Crippen molar-refractivity contribution in [1.82, 2.24) is 14.3 Å². The number of hydrogen-bond acceptors (Lipinski definition) is 5. The molecule has 2 aliphatic rings. The van der Waals surface area contributed by atoms with Crippen molar-refractivity contribution in [3.8, 4) is 0 Å². The summed E-state index contributed by atoms with van der Waals surface area (Å²) in [4.78, 5) is 25.4. The maximum absolute atomic E-state index is 14.7. The van der Waals surface area contributed by atoms with Gasteiger partial charge in [0.25, 0.3) is 17.5 Å². The number of ether oxygens (including phenoxy) is 1. The summed E-state index contributed by atoms with van der Waals surface area (Å²) >= 11 is 0. The Labute approximate surface area is 186 Å². The number of pyridine rings is 1. The van der Waals surface area contributed by atoms with Gasteiger partial charge >= 0.3 is 0 Å². The lowest BCUT2D eigenvalue weighted by Gasteiger charge is -2.53. The van der Waals surface area contributed by atoms with Gasteiger partial charge in [-0.05, 0) is 19.8 Å². The van der Waals surface area contributed by atoms with E-state index in [1.807, 2.05) is 0 Å². The third-order valence-electron chi connectivity index (χ3n) is 6.77. The zero-order valence-electron chi connectivity index (χ0n) is 18.1. The van der Waals surface area contributed by atoms with E-state index in [1.165, 1.54) is 25.2 Å². The second-order valence-electron chi connectivity index (χ2n) is 9.10.